The second-order valence-electron chi connectivity index (χ2n) is 4.68. The number of rotatable bonds is 2. The van der Waals surface area contributed by atoms with Gasteiger partial charge in [-0.3, -0.25) is 0 Å². The molecule has 18 heavy (non-hydrogen) atoms. The van der Waals surface area contributed by atoms with Crippen LogP contribution in [0.25, 0.3) is 5.57 Å². The summed E-state index contributed by atoms with van der Waals surface area (Å²) in [6.07, 6.45) is 1.21. The molecule has 2 aromatic carbocycles. The standard InChI is InChI=1S/C17H18O/c1-12-9-13(2)17(14(3)10-12)16(11-18)15-7-5-4-6-8-15/h4-11,18H,1-3H3/b16-11-. The van der Waals surface area contributed by atoms with Crippen molar-refractivity contribution >= 4 is 5.57 Å². The molecule has 0 saturated heterocycles. The molecule has 0 aliphatic carbocycles. The Hall–Kier alpha value is -2.02. The molecule has 1 nitrogen and oxygen atoms in total. The molecule has 0 fully saturated rings. The molecule has 1 N–H and O–H groups in total. The van der Waals surface area contributed by atoms with Crippen molar-refractivity contribution in [2.45, 2.75) is 20.8 Å². The van der Waals surface area contributed by atoms with Gasteiger partial charge >= 0.3 is 0 Å². The lowest BCUT2D eigenvalue weighted by molar-refractivity contribution is 0.476. The molecule has 0 saturated carbocycles. The van der Waals surface area contributed by atoms with Gasteiger partial charge in [0.15, 0.2) is 0 Å². The first kappa shape index (κ1) is 12.4. The third-order valence-corrected chi connectivity index (χ3v) is 3.16. The van der Waals surface area contributed by atoms with Crippen LogP contribution in [-0.2, 0) is 0 Å². The normalized spacial score (nSPS) is 11.6. The van der Waals surface area contributed by atoms with Gasteiger partial charge in [0.25, 0.3) is 0 Å². The molecule has 1 heteroatoms. The Balaban J connectivity index is 2.61. The summed E-state index contributed by atoms with van der Waals surface area (Å²) in [6, 6.07) is 14.3. The van der Waals surface area contributed by atoms with Crippen LogP contribution in [0.1, 0.15) is 27.8 Å². The summed E-state index contributed by atoms with van der Waals surface area (Å²) in [5, 5.41) is 9.59. The predicted octanol–water partition coefficient (Wildman–Crippen LogP) is 4.56. The molecule has 0 heterocycles. The van der Waals surface area contributed by atoms with E-state index in [9.17, 15) is 5.11 Å². The maximum Gasteiger partial charge on any atom is 0.0876 e. The third-order valence-electron chi connectivity index (χ3n) is 3.16. The van der Waals surface area contributed by atoms with Crippen LogP contribution in [0.3, 0.4) is 0 Å². The maximum absolute atomic E-state index is 9.59. The minimum absolute atomic E-state index is 0.880. The molecule has 0 aliphatic heterocycles. The molecule has 2 rings (SSSR count). The quantitative estimate of drug-likeness (QED) is 0.760. The average Bonchev–Trinajstić information content (AvgIpc) is 2.34. The number of aryl methyl sites for hydroxylation is 3. The fourth-order valence-electron chi connectivity index (χ4n) is 2.51. The second-order valence-corrected chi connectivity index (χ2v) is 4.68. The van der Waals surface area contributed by atoms with Crippen LogP contribution in [0.2, 0.25) is 0 Å². The predicted molar refractivity (Wildman–Crippen MR) is 76.8 cm³/mol. The summed E-state index contributed by atoms with van der Waals surface area (Å²) in [6.45, 7) is 6.26. The van der Waals surface area contributed by atoms with Crippen molar-refractivity contribution in [3.63, 3.8) is 0 Å². The zero-order valence-electron chi connectivity index (χ0n) is 11.1. The number of benzene rings is 2. The molecule has 0 atom stereocenters. The maximum atomic E-state index is 9.59. The average molecular weight is 238 g/mol. The third kappa shape index (κ3) is 2.30. The largest absolute Gasteiger partial charge is 0.515 e. The van der Waals surface area contributed by atoms with Crippen LogP contribution in [0, 0.1) is 20.8 Å². The minimum Gasteiger partial charge on any atom is -0.515 e. The Labute approximate surface area is 108 Å². The van der Waals surface area contributed by atoms with Gasteiger partial charge in [-0.1, -0.05) is 48.0 Å². The van der Waals surface area contributed by atoms with E-state index in [1.807, 2.05) is 30.3 Å². The van der Waals surface area contributed by atoms with Crippen molar-refractivity contribution in [2.24, 2.45) is 0 Å². The van der Waals surface area contributed by atoms with E-state index in [0.29, 0.717) is 0 Å². The monoisotopic (exact) mass is 238 g/mol. The number of hydrogen-bond acceptors (Lipinski definition) is 1. The van der Waals surface area contributed by atoms with Crippen molar-refractivity contribution in [3.8, 4) is 0 Å². The van der Waals surface area contributed by atoms with Crippen LogP contribution in [0.5, 0.6) is 0 Å². The molecule has 92 valence electrons. The van der Waals surface area contributed by atoms with Crippen LogP contribution in [0.4, 0.5) is 0 Å². The van der Waals surface area contributed by atoms with Crippen molar-refractivity contribution in [1.82, 2.24) is 0 Å². The number of aliphatic hydroxyl groups excluding tert-OH is 1. The first-order chi connectivity index (χ1) is 8.63. The molecular weight excluding hydrogens is 220 g/mol. The summed E-state index contributed by atoms with van der Waals surface area (Å²) >= 11 is 0. The Morgan fingerprint density at radius 1 is 0.944 bits per heavy atom. The molecule has 0 spiro atoms. The Kier molecular flexibility index (Phi) is 3.52. The van der Waals surface area contributed by atoms with Gasteiger partial charge in [0, 0.05) is 5.57 Å². The van der Waals surface area contributed by atoms with E-state index in [-0.39, 0.29) is 0 Å². The highest BCUT2D eigenvalue weighted by atomic mass is 16.2. The van der Waals surface area contributed by atoms with Gasteiger partial charge in [0.05, 0.1) is 6.26 Å². The Bertz CT molecular complexity index is 557. The fraction of sp³-hybridized carbons (Fsp3) is 0.176. The molecule has 0 radical (unpaired) electrons. The summed E-state index contributed by atoms with van der Waals surface area (Å²) in [5.41, 5.74) is 6.67. The van der Waals surface area contributed by atoms with Gasteiger partial charge in [-0.2, -0.15) is 0 Å². The van der Waals surface area contributed by atoms with E-state index >= 15 is 0 Å². The first-order valence-corrected chi connectivity index (χ1v) is 6.11. The zero-order valence-corrected chi connectivity index (χ0v) is 11.1. The van der Waals surface area contributed by atoms with Gasteiger partial charge < -0.3 is 5.11 Å². The SMILES string of the molecule is Cc1cc(C)c(/C(=C\O)c2ccccc2)c(C)c1. The van der Waals surface area contributed by atoms with Crippen molar-refractivity contribution < 1.29 is 5.11 Å². The van der Waals surface area contributed by atoms with Crippen LogP contribution in [-0.4, -0.2) is 5.11 Å². The first-order valence-electron chi connectivity index (χ1n) is 6.11. The van der Waals surface area contributed by atoms with E-state index in [4.69, 9.17) is 0 Å². The lowest BCUT2D eigenvalue weighted by atomic mass is 9.90. The van der Waals surface area contributed by atoms with Crippen molar-refractivity contribution in [3.05, 3.63) is 76.5 Å². The summed E-state index contributed by atoms with van der Waals surface area (Å²) in [4.78, 5) is 0. The van der Waals surface area contributed by atoms with Crippen LogP contribution >= 0.6 is 0 Å². The topological polar surface area (TPSA) is 20.2 Å². The summed E-state index contributed by atoms with van der Waals surface area (Å²) in [7, 11) is 0. The Morgan fingerprint density at radius 2 is 1.50 bits per heavy atom. The lowest BCUT2D eigenvalue weighted by Crippen LogP contribution is -1.96. The van der Waals surface area contributed by atoms with E-state index < -0.39 is 0 Å². The summed E-state index contributed by atoms with van der Waals surface area (Å²) in [5.74, 6) is 0. The van der Waals surface area contributed by atoms with Gasteiger partial charge in [-0.25, -0.2) is 0 Å². The van der Waals surface area contributed by atoms with E-state index in [0.717, 1.165) is 16.7 Å². The van der Waals surface area contributed by atoms with Gasteiger partial charge in [-0.15, -0.1) is 0 Å². The highest BCUT2D eigenvalue weighted by Crippen LogP contribution is 2.29. The minimum atomic E-state index is 0.880. The molecule has 0 unspecified atom stereocenters. The van der Waals surface area contributed by atoms with Crippen molar-refractivity contribution in [2.75, 3.05) is 0 Å². The summed E-state index contributed by atoms with van der Waals surface area (Å²) < 4.78 is 0. The van der Waals surface area contributed by atoms with E-state index in [2.05, 4.69) is 32.9 Å². The van der Waals surface area contributed by atoms with Gasteiger partial charge in [0.2, 0.25) is 0 Å². The number of hydrogen-bond donors (Lipinski definition) is 1. The highest BCUT2D eigenvalue weighted by Gasteiger charge is 2.11. The van der Waals surface area contributed by atoms with E-state index in [1.54, 1.807) is 0 Å². The van der Waals surface area contributed by atoms with Crippen LogP contribution in [0.15, 0.2) is 48.7 Å². The second kappa shape index (κ2) is 5.09. The van der Waals surface area contributed by atoms with Crippen molar-refractivity contribution in [1.29, 1.82) is 0 Å². The number of aliphatic hydroxyl groups is 1. The molecule has 0 bridgehead atoms. The fourth-order valence-corrected chi connectivity index (χ4v) is 2.51. The van der Waals surface area contributed by atoms with Gasteiger partial charge in [-0.05, 0) is 43.0 Å². The molecule has 0 aromatic heterocycles. The smallest absolute Gasteiger partial charge is 0.0876 e. The van der Waals surface area contributed by atoms with Gasteiger partial charge in [0.1, 0.15) is 0 Å². The molecular formula is C17H18O. The highest BCUT2D eigenvalue weighted by molar-refractivity contribution is 5.82. The molecule has 2 aromatic rings. The zero-order chi connectivity index (χ0) is 13.1. The lowest BCUT2D eigenvalue weighted by Gasteiger charge is -2.14. The van der Waals surface area contributed by atoms with Crippen LogP contribution < -0.4 is 0 Å². The Morgan fingerprint density at radius 3 is 2.00 bits per heavy atom. The molecule has 0 amide bonds. The molecule has 0 aliphatic rings. The van der Waals surface area contributed by atoms with E-state index in [1.165, 1.54) is 23.0 Å².